The average molecular weight is 403 g/mol. The fourth-order valence-corrected chi connectivity index (χ4v) is 4.77. The lowest BCUT2D eigenvalue weighted by molar-refractivity contribution is -0.106. The first-order valence-electron chi connectivity index (χ1n) is 7.67. The molecule has 0 atom stereocenters. The Bertz CT molecular complexity index is 1120. The molecule has 130 valence electrons. The maximum atomic E-state index is 12.0. The Kier molecular flexibility index (Phi) is 4.44. The maximum Gasteiger partial charge on any atom is 0.218 e. The number of hydrogen-bond donors (Lipinski definition) is 0. The lowest BCUT2D eigenvalue weighted by Gasteiger charge is -2.21. The average Bonchev–Trinajstić information content (AvgIpc) is 3.04. The van der Waals surface area contributed by atoms with E-state index in [4.69, 9.17) is 27.9 Å². The minimum absolute atomic E-state index is 0.299. The van der Waals surface area contributed by atoms with E-state index in [1.165, 1.54) is 17.3 Å². The van der Waals surface area contributed by atoms with Crippen molar-refractivity contribution < 1.29 is 9.53 Å². The largest absolute Gasteiger partial charge is 0.495 e. The van der Waals surface area contributed by atoms with E-state index in [0.29, 0.717) is 27.8 Å². The number of benzene rings is 2. The monoisotopic (exact) mass is 402 g/mol. The van der Waals surface area contributed by atoms with Gasteiger partial charge in [0.15, 0.2) is 0 Å². The molecule has 0 bridgehead atoms. The van der Waals surface area contributed by atoms with Crippen LogP contribution in [0.5, 0.6) is 5.75 Å². The van der Waals surface area contributed by atoms with Crippen LogP contribution in [0, 0.1) is 0 Å². The molecule has 0 aliphatic carbocycles. The van der Waals surface area contributed by atoms with Crippen molar-refractivity contribution in [3.63, 3.8) is 0 Å². The molecular weight excluding hydrogens is 391 g/mol. The van der Waals surface area contributed by atoms with Crippen molar-refractivity contribution in [1.29, 1.82) is 0 Å². The number of amides is 1. The summed E-state index contributed by atoms with van der Waals surface area (Å²) >= 11 is 14.2. The number of carbonyl (C=O) groups is 1. The van der Waals surface area contributed by atoms with E-state index in [-0.39, 0.29) is 0 Å². The Hall–Kier alpha value is -2.34. The van der Waals surface area contributed by atoms with E-state index >= 15 is 0 Å². The van der Waals surface area contributed by atoms with Crippen LogP contribution in [0.4, 0.5) is 11.4 Å². The summed E-state index contributed by atoms with van der Waals surface area (Å²) in [7, 11) is 1.63. The molecule has 0 aliphatic rings. The number of aromatic nitrogens is 1. The van der Waals surface area contributed by atoms with Gasteiger partial charge in [0.1, 0.15) is 5.75 Å². The molecule has 0 saturated heterocycles. The zero-order chi connectivity index (χ0) is 18.3. The number of fused-ring (bicyclic) bond motifs is 3. The second-order valence-corrected chi connectivity index (χ2v) is 7.38. The first-order valence-corrected chi connectivity index (χ1v) is 9.24. The molecule has 7 heteroatoms. The number of methoxy groups -OCH3 is 1. The highest BCUT2D eigenvalue weighted by Crippen LogP contribution is 2.47. The summed E-state index contributed by atoms with van der Waals surface area (Å²) in [6.45, 7) is 0. The second kappa shape index (κ2) is 6.76. The maximum absolute atomic E-state index is 12.0. The molecule has 4 rings (SSSR count). The zero-order valence-electron chi connectivity index (χ0n) is 13.6. The standard InChI is InChI=1S/C19H12Cl2N2O2S/c1-25-15-7-6-14(17-11-4-2-3-5-16(11)26-19(15)17)23(10-24)18-12(20)8-22-9-13(18)21/h2-10H,1H3. The van der Waals surface area contributed by atoms with Gasteiger partial charge < -0.3 is 4.74 Å². The highest BCUT2D eigenvalue weighted by Gasteiger charge is 2.22. The van der Waals surface area contributed by atoms with Crippen LogP contribution in [-0.2, 0) is 4.79 Å². The number of anilines is 2. The van der Waals surface area contributed by atoms with Crippen molar-refractivity contribution in [2.75, 3.05) is 12.0 Å². The van der Waals surface area contributed by atoms with Crippen molar-refractivity contribution in [1.82, 2.24) is 4.98 Å². The van der Waals surface area contributed by atoms with Gasteiger partial charge in [0.05, 0.1) is 33.2 Å². The first-order chi connectivity index (χ1) is 12.7. The normalized spacial score (nSPS) is 11.0. The van der Waals surface area contributed by atoms with Gasteiger partial charge >= 0.3 is 0 Å². The molecule has 0 aliphatic heterocycles. The van der Waals surface area contributed by atoms with E-state index in [1.54, 1.807) is 18.4 Å². The third-order valence-electron chi connectivity index (χ3n) is 4.12. The molecule has 0 unspecified atom stereocenters. The van der Waals surface area contributed by atoms with Crippen LogP contribution in [0.1, 0.15) is 0 Å². The lowest BCUT2D eigenvalue weighted by atomic mass is 10.1. The van der Waals surface area contributed by atoms with Gasteiger partial charge in [0.2, 0.25) is 6.41 Å². The fourth-order valence-electron chi connectivity index (χ4n) is 3.01. The predicted molar refractivity (Wildman–Crippen MR) is 108 cm³/mol. The Morgan fingerprint density at radius 2 is 1.85 bits per heavy atom. The molecule has 0 spiro atoms. The minimum Gasteiger partial charge on any atom is -0.495 e. The van der Waals surface area contributed by atoms with Crippen molar-refractivity contribution in [2.45, 2.75) is 0 Å². The van der Waals surface area contributed by atoms with Crippen molar-refractivity contribution in [3.05, 3.63) is 58.8 Å². The highest BCUT2D eigenvalue weighted by molar-refractivity contribution is 7.26. The van der Waals surface area contributed by atoms with Crippen molar-refractivity contribution >= 4 is 72.5 Å². The van der Waals surface area contributed by atoms with Crippen molar-refractivity contribution in [2.24, 2.45) is 0 Å². The number of ether oxygens (including phenoxy) is 1. The summed E-state index contributed by atoms with van der Waals surface area (Å²) in [5, 5.41) is 2.55. The van der Waals surface area contributed by atoms with E-state index in [2.05, 4.69) is 4.98 Å². The SMILES string of the molecule is COc1ccc(N(C=O)c2c(Cl)cncc2Cl)c2c1sc1ccccc12. The third-order valence-corrected chi connectivity index (χ3v) is 5.86. The zero-order valence-corrected chi connectivity index (χ0v) is 15.9. The molecule has 26 heavy (non-hydrogen) atoms. The Balaban J connectivity index is 2.09. The molecular formula is C19H12Cl2N2O2S. The molecule has 0 fully saturated rings. The van der Waals surface area contributed by atoms with E-state index < -0.39 is 0 Å². The summed E-state index contributed by atoms with van der Waals surface area (Å²) in [6.07, 6.45) is 3.64. The molecule has 0 saturated carbocycles. The van der Waals surface area contributed by atoms with Crippen LogP contribution in [0.3, 0.4) is 0 Å². The molecule has 1 amide bonds. The number of hydrogen-bond acceptors (Lipinski definition) is 4. The summed E-state index contributed by atoms with van der Waals surface area (Å²) in [4.78, 5) is 17.4. The summed E-state index contributed by atoms with van der Waals surface area (Å²) in [5.74, 6) is 0.753. The topological polar surface area (TPSA) is 42.4 Å². The molecule has 4 nitrogen and oxygen atoms in total. The smallest absolute Gasteiger partial charge is 0.218 e. The lowest BCUT2D eigenvalue weighted by Crippen LogP contribution is -2.15. The molecule has 2 aromatic heterocycles. The molecule has 0 N–H and O–H groups in total. The Labute approximate surface area is 163 Å². The van der Waals surface area contributed by atoms with Gasteiger partial charge in [-0.15, -0.1) is 11.3 Å². The highest BCUT2D eigenvalue weighted by atomic mass is 35.5. The molecule has 2 heterocycles. The number of carbonyl (C=O) groups excluding carboxylic acids is 1. The van der Waals surface area contributed by atoms with Crippen LogP contribution in [0.2, 0.25) is 10.0 Å². The van der Waals surface area contributed by atoms with Crippen LogP contribution < -0.4 is 9.64 Å². The third kappa shape index (κ3) is 2.60. The minimum atomic E-state index is 0.299. The number of thiophene rings is 1. The van der Waals surface area contributed by atoms with Crippen LogP contribution in [0.25, 0.3) is 20.2 Å². The second-order valence-electron chi connectivity index (χ2n) is 5.52. The molecule has 2 aromatic carbocycles. The molecule has 0 radical (unpaired) electrons. The quantitative estimate of drug-likeness (QED) is 0.389. The number of rotatable bonds is 4. The summed E-state index contributed by atoms with van der Waals surface area (Å²) < 4.78 is 7.58. The van der Waals surface area contributed by atoms with Gasteiger partial charge in [-0.1, -0.05) is 41.4 Å². The van der Waals surface area contributed by atoms with Gasteiger partial charge in [0, 0.05) is 27.9 Å². The van der Waals surface area contributed by atoms with E-state index in [1.807, 2.05) is 36.4 Å². The van der Waals surface area contributed by atoms with Gasteiger partial charge in [-0.25, -0.2) is 0 Å². The van der Waals surface area contributed by atoms with Gasteiger partial charge in [-0.2, -0.15) is 0 Å². The first kappa shape index (κ1) is 17.1. The van der Waals surface area contributed by atoms with Crippen LogP contribution in [0.15, 0.2) is 48.8 Å². The van der Waals surface area contributed by atoms with E-state index in [9.17, 15) is 4.79 Å². The number of nitrogens with zero attached hydrogens (tertiary/aromatic N) is 2. The number of pyridine rings is 1. The Morgan fingerprint density at radius 1 is 1.12 bits per heavy atom. The predicted octanol–water partition coefficient (Wildman–Crippen LogP) is 6.06. The van der Waals surface area contributed by atoms with E-state index in [0.717, 1.165) is 25.9 Å². The van der Waals surface area contributed by atoms with Crippen LogP contribution >= 0.6 is 34.5 Å². The number of halogens is 2. The molecule has 4 aromatic rings. The summed E-state index contributed by atoms with van der Waals surface area (Å²) in [5.41, 5.74) is 1.09. The van der Waals surface area contributed by atoms with Gasteiger partial charge in [-0.05, 0) is 18.2 Å². The Morgan fingerprint density at radius 3 is 2.54 bits per heavy atom. The van der Waals surface area contributed by atoms with Crippen molar-refractivity contribution in [3.8, 4) is 5.75 Å². The van der Waals surface area contributed by atoms with Gasteiger partial charge in [0.25, 0.3) is 0 Å². The summed E-state index contributed by atoms with van der Waals surface area (Å²) in [6, 6.07) is 11.7. The fraction of sp³-hybridized carbons (Fsp3) is 0.0526. The van der Waals surface area contributed by atoms with Crippen LogP contribution in [-0.4, -0.2) is 18.5 Å². The van der Waals surface area contributed by atoms with Gasteiger partial charge in [-0.3, -0.25) is 14.7 Å².